The van der Waals surface area contributed by atoms with Crippen molar-refractivity contribution < 1.29 is 13.2 Å². The number of nitrogens with one attached hydrogen (secondary N) is 1. The molecule has 0 saturated carbocycles. The molecule has 148 valence electrons. The number of hydrogen-bond donors (Lipinski definition) is 1. The molecule has 26 heavy (non-hydrogen) atoms. The second-order valence-corrected chi connectivity index (χ2v) is 9.95. The highest BCUT2D eigenvalue weighted by molar-refractivity contribution is 7.91. The van der Waals surface area contributed by atoms with E-state index in [0.717, 1.165) is 19.4 Å². The number of rotatable bonds is 10. The van der Waals surface area contributed by atoms with E-state index in [1.165, 1.54) is 28.5 Å². The number of thiophene rings is 1. The van der Waals surface area contributed by atoms with E-state index in [1.54, 1.807) is 17.5 Å². The Hall–Kier alpha value is -0.960. The van der Waals surface area contributed by atoms with Crippen molar-refractivity contribution in [3.63, 3.8) is 0 Å². The monoisotopic (exact) mass is 401 g/mol. The minimum atomic E-state index is -3.38. The number of carbonyl (C=O) groups excluding carboxylic acids is 1. The Morgan fingerprint density at radius 2 is 2.00 bits per heavy atom. The van der Waals surface area contributed by atoms with E-state index in [-0.39, 0.29) is 5.91 Å². The van der Waals surface area contributed by atoms with Crippen LogP contribution in [-0.2, 0) is 14.8 Å². The smallest absolute Gasteiger partial charge is 0.252 e. The fourth-order valence-electron chi connectivity index (χ4n) is 3.13. The van der Waals surface area contributed by atoms with Gasteiger partial charge in [-0.25, -0.2) is 8.42 Å². The normalized spacial score (nSPS) is 17.9. The third-order valence-electron chi connectivity index (χ3n) is 4.92. The fourth-order valence-corrected chi connectivity index (χ4v) is 5.69. The van der Waals surface area contributed by atoms with Gasteiger partial charge in [-0.2, -0.15) is 4.31 Å². The lowest BCUT2D eigenvalue weighted by atomic mass is 9.99. The van der Waals surface area contributed by atoms with Crippen LogP contribution < -0.4 is 5.32 Å². The summed E-state index contributed by atoms with van der Waals surface area (Å²) in [6.45, 7) is 7.47. The lowest BCUT2D eigenvalue weighted by molar-refractivity contribution is -0.122. The zero-order chi connectivity index (χ0) is 19.0. The van der Waals surface area contributed by atoms with E-state index in [0.29, 0.717) is 42.9 Å². The van der Waals surface area contributed by atoms with Gasteiger partial charge in [-0.1, -0.05) is 39.2 Å². The van der Waals surface area contributed by atoms with Crippen molar-refractivity contribution in [2.75, 3.05) is 39.3 Å². The summed E-state index contributed by atoms with van der Waals surface area (Å²) in [5.74, 6) is 0.584. The number of hydrogen-bond acceptors (Lipinski definition) is 5. The highest BCUT2D eigenvalue weighted by atomic mass is 32.2. The van der Waals surface area contributed by atoms with Gasteiger partial charge in [-0.05, 0) is 23.8 Å². The summed E-state index contributed by atoms with van der Waals surface area (Å²) < 4.78 is 26.9. The molecule has 2 rings (SSSR count). The number of piperazine rings is 1. The molecule has 0 unspecified atom stereocenters. The zero-order valence-electron chi connectivity index (χ0n) is 15.8. The van der Waals surface area contributed by atoms with Crippen LogP contribution in [0.5, 0.6) is 0 Å². The highest BCUT2D eigenvalue weighted by Gasteiger charge is 2.29. The first-order valence-electron chi connectivity index (χ1n) is 9.50. The van der Waals surface area contributed by atoms with Gasteiger partial charge >= 0.3 is 0 Å². The van der Waals surface area contributed by atoms with Gasteiger partial charge < -0.3 is 5.32 Å². The molecule has 0 radical (unpaired) electrons. The lowest BCUT2D eigenvalue weighted by Gasteiger charge is -2.33. The van der Waals surface area contributed by atoms with E-state index in [2.05, 4.69) is 19.2 Å². The molecule has 1 saturated heterocycles. The van der Waals surface area contributed by atoms with Crippen LogP contribution in [0.2, 0.25) is 0 Å². The zero-order valence-corrected chi connectivity index (χ0v) is 17.4. The van der Waals surface area contributed by atoms with E-state index in [4.69, 9.17) is 0 Å². The molecule has 0 spiro atoms. The van der Waals surface area contributed by atoms with Gasteiger partial charge in [0.15, 0.2) is 0 Å². The van der Waals surface area contributed by atoms with E-state index in [1.807, 2.05) is 4.90 Å². The average molecular weight is 402 g/mol. The van der Waals surface area contributed by atoms with Crippen LogP contribution in [0.15, 0.2) is 21.7 Å². The number of carbonyl (C=O) groups is 1. The van der Waals surface area contributed by atoms with Crippen molar-refractivity contribution in [1.29, 1.82) is 0 Å². The Balaban J connectivity index is 1.73. The van der Waals surface area contributed by atoms with Gasteiger partial charge in [0.25, 0.3) is 10.0 Å². The van der Waals surface area contributed by atoms with Gasteiger partial charge in [0.1, 0.15) is 4.21 Å². The van der Waals surface area contributed by atoms with Crippen molar-refractivity contribution in [3.8, 4) is 0 Å². The average Bonchev–Trinajstić information content (AvgIpc) is 3.18. The predicted octanol–water partition coefficient (Wildman–Crippen LogP) is 2.39. The molecule has 0 aliphatic carbocycles. The molecule has 1 fully saturated rings. The van der Waals surface area contributed by atoms with Crippen LogP contribution in [0.1, 0.15) is 39.5 Å². The van der Waals surface area contributed by atoms with Crippen molar-refractivity contribution >= 4 is 27.3 Å². The molecule has 1 aliphatic heterocycles. The number of sulfonamides is 1. The molecule has 6 nitrogen and oxygen atoms in total. The van der Waals surface area contributed by atoms with Crippen molar-refractivity contribution in [1.82, 2.24) is 14.5 Å². The van der Waals surface area contributed by atoms with Crippen molar-refractivity contribution in [3.05, 3.63) is 17.5 Å². The molecule has 1 aromatic heterocycles. The predicted molar refractivity (Wildman–Crippen MR) is 106 cm³/mol. The van der Waals surface area contributed by atoms with E-state index < -0.39 is 10.0 Å². The second-order valence-electron chi connectivity index (χ2n) is 6.83. The van der Waals surface area contributed by atoms with Gasteiger partial charge in [0.05, 0.1) is 6.54 Å². The summed E-state index contributed by atoms with van der Waals surface area (Å²) in [6.07, 6.45) is 4.63. The van der Waals surface area contributed by atoms with Crippen LogP contribution in [0.4, 0.5) is 0 Å². The summed E-state index contributed by atoms with van der Waals surface area (Å²) in [6, 6.07) is 3.39. The minimum absolute atomic E-state index is 0.0366. The van der Waals surface area contributed by atoms with Crippen LogP contribution >= 0.6 is 11.3 Å². The molecule has 1 aliphatic rings. The minimum Gasteiger partial charge on any atom is -0.355 e. The first kappa shape index (κ1) is 21.3. The van der Waals surface area contributed by atoms with Gasteiger partial charge in [0.2, 0.25) is 5.91 Å². The Morgan fingerprint density at radius 3 is 2.58 bits per heavy atom. The van der Waals surface area contributed by atoms with Crippen molar-refractivity contribution in [2.24, 2.45) is 5.92 Å². The van der Waals surface area contributed by atoms with Crippen molar-refractivity contribution in [2.45, 2.75) is 43.7 Å². The third kappa shape index (κ3) is 6.04. The Labute approximate surface area is 161 Å². The highest BCUT2D eigenvalue weighted by Crippen LogP contribution is 2.21. The first-order valence-corrected chi connectivity index (χ1v) is 11.8. The summed E-state index contributed by atoms with van der Waals surface area (Å²) in [7, 11) is -3.38. The lowest BCUT2D eigenvalue weighted by Crippen LogP contribution is -2.51. The maximum Gasteiger partial charge on any atom is 0.252 e. The largest absolute Gasteiger partial charge is 0.355 e. The number of amides is 1. The van der Waals surface area contributed by atoms with Crippen LogP contribution in [0.25, 0.3) is 0 Å². The Morgan fingerprint density at radius 1 is 1.27 bits per heavy atom. The van der Waals surface area contributed by atoms with Crippen LogP contribution in [0.3, 0.4) is 0 Å². The number of nitrogens with zero attached hydrogens (tertiary/aromatic N) is 2. The molecule has 1 N–H and O–H groups in total. The van der Waals surface area contributed by atoms with Gasteiger partial charge in [-0.15, -0.1) is 11.3 Å². The van der Waals surface area contributed by atoms with E-state index >= 15 is 0 Å². The standard InChI is InChI=1S/C18H31N3O3S2/c1-3-5-7-16(4-2)14-19-17(22)15-20-9-11-21(12-10-20)26(23,24)18-8-6-13-25-18/h6,8,13,16H,3-5,7,9-12,14-15H2,1-2H3,(H,19,22)/t16-/m1/s1. The van der Waals surface area contributed by atoms with Gasteiger partial charge in [0, 0.05) is 32.7 Å². The Bertz CT molecular complexity index is 639. The topological polar surface area (TPSA) is 69.7 Å². The summed E-state index contributed by atoms with van der Waals surface area (Å²) >= 11 is 1.24. The molecule has 2 heterocycles. The summed E-state index contributed by atoms with van der Waals surface area (Å²) in [4.78, 5) is 14.2. The second kappa shape index (κ2) is 10.4. The quantitative estimate of drug-likeness (QED) is 0.654. The maximum atomic E-state index is 12.5. The van der Waals surface area contributed by atoms with E-state index in [9.17, 15) is 13.2 Å². The third-order valence-corrected chi connectivity index (χ3v) is 8.19. The summed E-state index contributed by atoms with van der Waals surface area (Å²) in [5.41, 5.74) is 0. The molecule has 1 atom stereocenters. The van der Waals surface area contributed by atoms with Crippen LogP contribution in [0, 0.1) is 5.92 Å². The maximum absolute atomic E-state index is 12.5. The van der Waals surface area contributed by atoms with Crippen LogP contribution in [-0.4, -0.2) is 62.8 Å². The SMILES string of the molecule is CCCC[C@@H](CC)CNC(=O)CN1CCN(S(=O)(=O)c2cccs2)CC1. The molecule has 1 amide bonds. The van der Waals surface area contributed by atoms with Gasteiger partial charge in [-0.3, -0.25) is 9.69 Å². The summed E-state index contributed by atoms with van der Waals surface area (Å²) in [5, 5.41) is 4.82. The molecule has 1 aromatic rings. The fraction of sp³-hybridized carbons (Fsp3) is 0.722. The first-order chi connectivity index (χ1) is 12.5. The molecule has 8 heteroatoms. The molecular formula is C18H31N3O3S2. The molecular weight excluding hydrogens is 370 g/mol. The number of unbranched alkanes of at least 4 members (excludes halogenated alkanes) is 1. The Kier molecular flexibility index (Phi) is 8.53. The molecule has 0 aromatic carbocycles. The molecule has 0 bridgehead atoms.